The van der Waals surface area contributed by atoms with Gasteiger partial charge in [-0.1, -0.05) is 12.1 Å². The smallest absolute Gasteiger partial charge is 0.345 e. The maximum Gasteiger partial charge on any atom is 0.345 e. The number of hydrogen-bond donors (Lipinski definition) is 1. The predicted octanol–water partition coefficient (Wildman–Crippen LogP) is 2.31. The molecule has 0 amide bonds. The van der Waals surface area contributed by atoms with Crippen LogP contribution >= 0.6 is 0 Å². The van der Waals surface area contributed by atoms with Gasteiger partial charge in [-0.05, 0) is 53.2 Å². The minimum atomic E-state index is -0.744. The van der Waals surface area contributed by atoms with E-state index in [4.69, 9.17) is 9.47 Å². The minimum Gasteiger partial charge on any atom is -0.487 e. The van der Waals surface area contributed by atoms with E-state index in [1.807, 2.05) is 0 Å². The van der Waals surface area contributed by atoms with Crippen molar-refractivity contribution in [1.82, 2.24) is 30.2 Å². The molecule has 0 aliphatic rings. The van der Waals surface area contributed by atoms with E-state index < -0.39 is 11.5 Å². The zero-order chi connectivity index (χ0) is 22.5. The molecule has 2 aromatic heterocycles. The average Bonchev–Trinajstić information content (AvgIpc) is 3.33. The molecule has 0 bridgehead atoms. The number of carbonyl (C=O) groups excluding carboxylic acids is 1. The van der Waals surface area contributed by atoms with E-state index in [1.54, 1.807) is 37.3 Å². The topological polar surface area (TPSA) is 125 Å². The monoisotopic (exact) mass is 436 g/mol. The molecule has 4 aromatic rings. The molecule has 0 unspecified atom stereocenters. The van der Waals surface area contributed by atoms with Crippen molar-refractivity contribution in [3.05, 3.63) is 82.3 Å². The van der Waals surface area contributed by atoms with Gasteiger partial charge in [0.1, 0.15) is 41.6 Å². The molecule has 0 radical (unpaired) electrons. The van der Waals surface area contributed by atoms with E-state index in [-0.39, 0.29) is 30.4 Å². The second kappa shape index (κ2) is 9.16. The van der Waals surface area contributed by atoms with Gasteiger partial charge >= 0.3 is 5.97 Å². The number of halogens is 1. The SMILES string of the molecule is CCOC(=O)c1cnc(-c2ccc(OCc3ccc(F)cc3)c(-n3cnnn3)c2)[nH]c1=O. The Labute approximate surface area is 180 Å². The zero-order valence-electron chi connectivity index (χ0n) is 16.9. The van der Waals surface area contributed by atoms with E-state index in [9.17, 15) is 14.0 Å². The number of H-pyrrole nitrogens is 1. The fourth-order valence-electron chi connectivity index (χ4n) is 2.87. The molecule has 0 spiro atoms. The lowest BCUT2D eigenvalue weighted by Gasteiger charge is -2.13. The van der Waals surface area contributed by atoms with E-state index in [0.29, 0.717) is 17.0 Å². The third kappa shape index (κ3) is 4.51. The van der Waals surface area contributed by atoms with Gasteiger partial charge in [-0.25, -0.2) is 14.2 Å². The number of rotatable bonds is 7. The summed E-state index contributed by atoms with van der Waals surface area (Å²) in [6.45, 7) is 1.99. The lowest BCUT2D eigenvalue weighted by atomic mass is 10.1. The third-order valence-electron chi connectivity index (χ3n) is 4.43. The lowest BCUT2D eigenvalue weighted by Crippen LogP contribution is -2.21. The highest BCUT2D eigenvalue weighted by atomic mass is 19.1. The molecular formula is C21H17FN6O4. The standard InChI is InChI=1S/C21H17FN6O4/c1-2-31-21(30)16-10-23-19(25-20(16)29)14-5-8-18(17(9-14)28-12-24-26-27-28)32-11-13-3-6-15(22)7-4-13/h3-10,12H,2,11H2,1H3,(H,23,25,29). The Hall–Kier alpha value is -4.41. The highest BCUT2D eigenvalue weighted by molar-refractivity contribution is 5.88. The molecule has 2 heterocycles. The summed E-state index contributed by atoms with van der Waals surface area (Å²) in [5, 5.41) is 11.2. The molecule has 0 atom stereocenters. The zero-order valence-corrected chi connectivity index (χ0v) is 16.9. The van der Waals surface area contributed by atoms with E-state index in [2.05, 4.69) is 25.5 Å². The molecule has 0 fully saturated rings. The van der Waals surface area contributed by atoms with Crippen LogP contribution in [0.5, 0.6) is 5.75 Å². The molecule has 32 heavy (non-hydrogen) atoms. The van der Waals surface area contributed by atoms with Crippen LogP contribution in [-0.2, 0) is 11.3 Å². The van der Waals surface area contributed by atoms with Crippen LogP contribution in [0.1, 0.15) is 22.8 Å². The van der Waals surface area contributed by atoms with Crippen LogP contribution in [0.3, 0.4) is 0 Å². The van der Waals surface area contributed by atoms with Crippen molar-refractivity contribution < 1.29 is 18.7 Å². The molecule has 0 aliphatic carbocycles. The summed E-state index contributed by atoms with van der Waals surface area (Å²) in [6.07, 6.45) is 2.56. The van der Waals surface area contributed by atoms with E-state index >= 15 is 0 Å². The molecule has 0 saturated carbocycles. The molecule has 1 N–H and O–H groups in total. The number of esters is 1. The van der Waals surface area contributed by atoms with Gasteiger partial charge in [0.25, 0.3) is 5.56 Å². The number of carbonyl (C=O) groups is 1. The van der Waals surface area contributed by atoms with Gasteiger partial charge in [0.2, 0.25) is 0 Å². The Morgan fingerprint density at radius 3 is 2.69 bits per heavy atom. The number of tetrazole rings is 1. The highest BCUT2D eigenvalue weighted by Gasteiger charge is 2.15. The molecular weight excluding hydrogens is 419 g/mol. The first-order valence-corrected chi connectivity index (χ1v) is 9.56. The first kappa shape index (κ1) is 20.8. The van der Waals surface area contributed by atoms with Crippen LogP contribution in [0, 0.1) is 5.82 Å². The number of aromatic nitrogens is 6. The van der Waals surface area contributed by atoms with Crippen LogP contribution < -0.4 is 10.3 Å². The Bertz CT molecular complexity index is 1290. The number of benzene rings is 2. The van der Waals surface area contributed by atoms with Gasteiger partial charge in [0.05, 0.1) is 6.61 Å². The third-order valence-corrected chi connectivity index (χ3v) is 4.43. The van der Waals surface area contributed by atoms with Crippen molar-refractivity contribution in [3.63, 3.8) is 0 Å². The van der Waals surface area contributed by atoms with E-state index in [1.165, 1.54) is 29.3 Å². The largest absolute Gasteiger partial charge is 0.487 e. The van der Waals surface area contributed by atoms with Gasteiger partial charge in [-0.15, -0.1) is 5.10 Å². The summed E-state index contributed by atoms with van der Waals surface area (Å²) < 4.78 is 25.2. The minimum absolute atomic E-state index is 0.148. The van der Waals surface area contributed by atoms with E-state index in [0.717, 1.165) is 5.56 Å². The summed E-state index contributed by atoms with van der Waals surface area (Å²) in [6, 6.07) is 11.0. The van der Waals surface area contributed by atoms with Crippen LogP contribution in [0.15, 0.2) is 59.8 Å². The number of hydrogen-bond acceptors (Lipinski definition) is 8. The fourth-order valence-corrected chi connectivity index (χ4v) is 2.87. The number of nitrogens with zero attached hydrogens (tertiary/aromatic N) is 5. The summed E-state index contributed by atoms with van der Waals surface area (Å²) in [5.74, 6) is -0.381. The van der Waals surface area contributed by atoms with Gasteiger partial charge in [-0.2, -0.15) is 4.68 Å². The van der Waals surface area contributed by atoms with Crippen molar-refractivity contribution >= 4 is 5.97 Å². The predicted molar refractivity (Wildman–Crippen MR) is 110 cm³/mol. The molecule has 10 nitrogen and oxygen atoms in total. The number of aromatic amines is 1. The average molecular weight is 436 g/mol. The Kier molecular flexibility index (Phi) is 5.97. The molecule has 0 aliphatic heterocycles. The highest BCUT2D eigenvalue weighted by Crippen LogP contribution is 2.28. The normalized spacial score (nSPS) is 10.7. The summed E-state index contributed by atoms with van der Waals surface area (Å²) in [4.78, 5) is 30.9. The van der Waals surface area contributed by atoms with Gasteiger partial charge in [0, 0.05) is 11.8 Å². The molecule has 4 rings (SSSR count). The van der Waals surface area contributed by atoms with Crippen LogP contribution in [0.4, 0.5) is 4.39 Å². The first-order chi connectivity index (χ1) is 15.5. The number of ether oxygens (including phenoxy) is 2. The molecule has 0 saturated heterocycles. The molecule has 2 aromatic carbocycles. The Morgan fingerprint density at radius 1 is 1.19 bits per heavy atom. The Morgan fingerprint density at radius 2 is 2.00 bits per heavy atom. The van der Waals surface area contributed by atoms with Crippen molar-refractivity contribution in [2.45, 2.75) is 13.5 Å². The fraction of sp³-hybridized carbons (Fsp3) is 0.143. The van der Waals surface area contributed by atoms with Crippen LogP contribution in [0.2, 0.25) is 0 Å². The quantitative estimate of drug-likeness (QED) is 0.438. The summed E-state index contributed by atoms with van der Waals surface area (Å²) >= 11 is 0. The summed E-state index contributed by atoms with van der Waals surface area (Å²) in [5.41, 5.74) is 1.01. The maximum atomic E-state index is 13.1. The second-order valence-electron chi connectivity index (χ2n) is 6.55. The van der Waals surface area contributed by atoms with Crippen molar-refractivity contribution in [2.75, 3.05) is 6.61 Å². The van der Waals surface area contributed by atoms with Crippen molar-refractivity contribution in [2.24, 2.45) is 0 Å². The van der Waals surface area contributed by atoms with Gasteiger partial charge in [-0.3, -0.25) is 4.79 Å². The molecule has 11 heteroatoms. The number of nitrogens with one attached hydrogen (secondary N) is 1. The second-order valence-corrected chi connectivity index (χ2v) is 6.55. The van der Waals surface area contributed by atoms with Crippen molar-refractivity contribution in [3.8, 4) is 22.8 Å². The van der Waals surface area contributed by atoms with Gasteiger partial charge in [0.15, 0.2) is 0 Å². The molecule has 162 valence electrons. The Balaban J connectivity index is 1.65. The van der Waals surface area contributed by atoms with Crippen LogP contribution in [-0.4, -0.2) is 42.8 Å². The summed E-state index contributed by atoms with van der Waals surface area (Å²) in [7, 11) is 0. The van der Waals surface area contributed by atoms with Gasteiger partial charge < -0.3 is 14.5 Å². The van der Waals surface area contributed by atoms with Crippen LogP contribution in [0.25, 0.3) is 17.1 Å². The maximum absolute atomic E-state index is 13.1. The lowest BCUT2D eigenvalue weighted by molar-refractivity contribution is 0.0523. The first-order valence-electron chi connectivity index (χ1n) is 9.56. The van der Waals surface area contributed by atoms with Crippen molar-refractivity contribution in [1.29, 1.82) is 0 Å².